The monoisotopic (exact) mass is 302 g/mol. The van der Waals surface area contributed by atoms with Gasteiger partial charge in [0.15, 0.2) is 0 Å². The minimum Gasteiger partial charge on any atom is -0.481 e. The van der Waals surface area contributed by atoms with Crippen molar-refractivity contribution >= 4 is 12.0 Å². The Labute approximate surface area is 123 Å². The number of morpholine rings is 1. The van der Waals surface area contributed by atoms with Crippen LogP contribution in [-0.2, 0) is 14.3 Å². The molecule has 0 aromatic heterocycles. The Morgan fingerprint density at radius 1 is 1.29 bits per heavy atom. The first-order chi connectivity index (χ1) is 10.1. The van der Waals surface area contributed by atoms with E-state index in [1.807, 2.05) is 6.92 Å². The third-order valence-corrected chi connectivity index (χ3v) is 4.04. The zero-order valence-electron chi connectivity index (χ0n) is 12.1. The second-order valence-electron chi connectivity index (χ2n) is 5.22. The highest BCUT2D eigenvalue weighted by Crippen LogP contribution is 2.22. The SMILES string of the molecule is CCN(C(=O)N1CCOCC1CO)C1COCC1C(=O)O. The predicted octanol–water partition coefficient (Wildman–Crippen LogP) is -0.779. The number of hydrogen-bond donors (Lipinski definition) is 2. The molecular formula is C13H22N2O6. The molecule has 120 valence electrons. The third-order valence-electron chi connectivity index (χ3n) is 4.04. The quantitative estimate of drug-likeness (QED) is 0.707. The fourth-order valence-electron chi connectivity index (χ4n) is 2.82. The lowest BCUT2D eigenvalue weighted by molar-refractivity contribution is -0.142. The number of aliphatic carboxylic acids is 1. The largest absolute Gasteiger partial charge is 0.481 e. The van der Waals surface area contributed by atoms with Gasteiger partial charge in [0.1, 0.15) is 5.92 Å². The van der Waals surface area contributed by atoms with Crippen LogP contribution in [-0.4, -0.2) is 90.2 Å². The van der Waals surface area contributed by atoms with Crippen LogP contribution in [0.25, 0.3) is 0 Å². The molecule has 0 saturated carbocycles. The number of aliphatic hydroxyl groups is 1. The average Bonchev–Trinajstić information content (AvgIpc) is 2.97. The Kier molecular flexibility index (Phi) is 5.38. The maximum Gasteiger partial charge on any atom is 0.320 e. The van der Waals surface area contributed by atoms with Gasteiger partial charge in [0.2, 0.25) is 0 Å². The zero-order valence-corrected chi connectivity index (χ0v) is 12.1. The maximum absolute atomic E-state index is 12.7. The summed E-state index contributed by atoms with van der Waals surface area (Å²) >= 11 is 0. The summed E-state index contributed by atoms with van der Waals surface area (Å²) in [6.07, 6.45) is 0. The number of aliphatic hydroxyl groups excluding tert-OH is 1. The van der Waals surface area contributed by atoms with Crippen molar-refractivity contribution in [2.24, 2.45) is 5.92 Å². The molecule has 3 atom stereocenters. The highest BCUT2D eigenvalue weighted by molar-refractivity contribution is 5.78. The number of hydrogen-bond acceptors (Lipinski definition) is 5. The highest BCUT2D eigenvalue weighted by atomic mass is 16.5. The molecule has 0 bridgehead atoms. The molecule has 0 aromatic carbocycles. The number of carboxylic acid groups (broad SMARTS) is 1. The fourth-order valence-corrected chi connectivity index (χ4v) is 2.82. The Bertz CT molecular complexity index is 391. The van der Waals surface area contributed by atoms with E-state index >= 15 is 0 Å². The number of ether oxygens (including phenoxy) is 2. The number of amides is 2. The molecule has 2 aliphatic heterocycles. The third kappa shape index (κ3) is 3.28. The summed E-state index contributed by atoms with van der Waals surface area (Å²) in [7, 11) is 0. The van der Waals surface area contributed by atoms with Gasteiger partial charge in [-0.05, 0) is 6.92 Å². The van der Waals surface area contributed by atoms with E-state index in [1.54, 1.807) is 4.90 Å². The standard InChI is InChI=1S/C13H22N2O6/c1-2-14(11-8-21-7-10(11)12(17)18)13(19)15-3-4-20-6-9(15)5-16/h9-11,16H,2-8H2,1H3,(H,17,18). The van der Waals surface area contributed by atoms with Crippen LogP contribution in [0.1, 0.15) is 6.92 Å². The van der Waals surface area contributed by atoms with Crippen LogP contribution in [0.15, 0.2) is 0 Å². The van der Waals surface area contributed by atoms with E-state index in [0.29, 0.717) is 26.3 Å². The Morgan fingerprint density at radius 2 is 2.05 bits per heavy atom. The molecule has 2 heterocycles. The van der Waals surface area contributed by atoms with Crippen molar-refractivity contribution in [3.63, 3.8) is 0 Å². The van der Waals surface area contributed by atoms with Gasteiger partial charge in [-0.3, -0.25) is 4.79 Å². The van der Waals surface area contributed by atoms with Crippen molar-refractivity contribution in [3.8, 4) is 0 Å². The van der Waals surface area contributed by atoms with Gasteiger partial charge in [-0.1, -0.05) is 0 Å². The summed E-state index contributed by atoms with van der Waals surface area (Å²) in [4.78, 5) is 27.0. The molecule has 2 saturated heterocycles. The molecule has 21 heavy (non-hydrogen) atoms. The van der Waals surface area contributed by atoms with Crippen LogP contribution in [0.4, 0.5) is 4.79 Å². The van der Waals surface area contributed by atoms with E-state index in [9.17, 15) is 19.8 Å². The number of rotatable bonds is 4. The molecule has 3 unspecified atom stereocenters. The number of urea groups is 1. The number of carbonyl (C=O) groups excluding carboxylic acids is 1. The van der Waals surface area contributed by atoms with Crippen molar-refractivity contribution in [1.29, 1.82) is 0 Å². The van der Waals surface area contributed by atoms with Crippen molar-refractivity contribution in [2.75, 3.05) is 46.1 Å². The zero-order chi connectivity index (χ0) is 15.4. The maximum atomic E-state index is 12.7. The Morgan fingerprint density at radius 3 is 2.67 bits per heavy atom. The van der Waals surface area contributed by atoms with Gasteiger partial charge in [0, 0.05) is 13.1 Å². The molecule has 0 radical (unpaired) electrons. The van der Waals surface area contributed by atoms with Gasteiger partial charge < -0.3 is 29.5 Å². The van der Waals surface area contributed by atoms with Crippen molar-refractivity contribution in [3.05, 3.63) is 0 Å². The summed E-state index contributed by atoms with van der Waals surface area (Å²) in [5.74, 6) is -1.66. The van der Waals surface area contributed by atoms with E-state index in [2.05, 4.69) is 0 Å². The molecule has 8 nitrogen and oxygen atoms in total. The van der Waals surface area contributed by atoms with Crippen LogP contribution in [0.3, 0.4) is 0 Å². The molecule has 2 rings (SSSR count). The van der Waals surface area contributed by atoms with E-state index < -0.39 is 17.9 Å². The molecule has 2 N–H and O–H groups in total. The van der Waals surface area contributed by atoms with E-state index in [0.717, 1.165) is 0 Å². The van der Waals surface area contributed by atoms with Gasteiger partial charge in [0.25, 0.3) is 0 Å². The number of carboxylic acids is 1. The van der Waals surface area contributed by atoms with Crippen molar-refractivity contribution < 1.29 is 29.3 Å². The normalized spacial score (nSPS) is 29.4. The van der Waals surface area contributed by atoms with Gasteiger partial charge in [0.05, 0.1) is 45.1 Å². The molecule has 2 fully saturated rings. The molecule has 0 spiro atoms. The first kappa shape index (κ1) is 16.0. The molecular weight excluding hydrogens is 280 g/mol. The Balaban J connectivity index is 2.12. The molecule has 8 heteroatoms. The van der Waals surface area contributed by atoms with Crippen LogP contribution >= 0.6 is 0 Å². The number of carbonyl (C=O) groups is 2. The van der Waals surface area contributed by atoms with Gasteiger partial charge in [-0.25, -0.2) is 4.79 Å². The van der Waals surface area contributed by atoms with Crippen LogP contribution in [0.2, 0.25) is 0 Å². The lowest BCUT2D eigenvalue weighted by Gasteiger charge is -2.40. The minimum atomic E-state index is -0.954. The number of likely N-dealkylation sites (N-methyl/N-ethyl adjacent to an activating group) is 1. The molecule has 2 aliphatic rings. The highest BCUT2D eigenvalue weighted by Gasteiger charge is 2.41. The second-order valence-corrected chi connectivity index (χ2v) is 5.22. The van der Waals surface area contributed by atoms with Crippen molar-refractivity contribution in [2.45, 2.75) is 19.0 Å². The van der Waals surface area contributed by atoms with Crippen LogP contribution < -0.4 is 0 Å². The summed E-state index contributed by atoms with van der Waals surface area (Å²) in [6, 6.07) is -1.12. The smallest absolute Gasteiger partial charge is 0.320 e. The van der Waals surface area contributed by atoms with E-state index in [4.69, 9.17) is 9.47 Å². The minimum absolute atomic E-state index is 0.121. The van der Waals surface area contributed by atoms with Crippen molar-refractivity contribution in [1.82, 2.24) is 9.80 Å². The van der Waals surface area contributed by atoms with E-state index in [1.165, 1.54) is 4.90 Å². The lowest BCUT2D eigenvalue weighted by atomic mass is 10.0. The topological polar surface area (TPSA) is 99.5 Å². The number of nitrogens with zero attached hydrogens (tertiary/aromatic N) is 2. The first-order valence-corrected chi connectivity index (χ1v) is 7.16. The summed E-state index contributed by atoms with van der Waals surface area (Å²) in [5, 5.41) is 18.6. The first-order valence-electron chi connectivity index (χ1n) is 7.16. The lowest BCUT2D eigenvalue weighted by Crippen LogP contribution is -2.58. The van der Waals surface area contributed by atoms with Crippen LogP contribution in [0.5, 0.6) is 0 Å². The van der Waals surface area contributed by atoms with Gasteiger partial charge in [-0.2, -0.15) is 0 Å². The molecule has 0 aliphatic carbocycles. The fraction of sp³-hybridized carbons (Fsp3) is 0.846. The Hall–Kier alpha value is -1.38. The van der Waals surface area contributed by atoms with Gasteiger partial charge >= 0.3 is 12.0 Å². The average molecular weight is 302 g/mol. The summed E-state index contributed by atoms with van der Waals surface area (Å²) < 4.78 is 10.5. The second kappa shape index (κ2) is 7.06. The van der Waals surface area contributed by atoms with E-state index in [-0.39, 0.29) is 31.9 Å². The predicted molar refractivity (Wildman–Crippen MR) is 71.9 cm³/mol. The summed E-state index contributed by atoms with van der Waals surface area (Å²) in [6.45, 7) is 3.49. The van der Waals surface area contributed by atoms with Crippen LogP contribution in [0, 0.1) is 5.92 Å². The summed E-state index contributed by atoms with van der Waals surface area (Å²) in [5.41, 5.74) is 0. The van der Waals surface area contributed by atoms with Gasteiger partial charge in [-0.15, -0.1) is 0 Å². The molecule has 0 aromatic rings. The molecule has 2 amide bonds.